The summed E-state index contributed by atoms with van der Waals surface area (Å²) in [4.78, 5) is 192. The van der Waals surface area contributed by atoms with Crippen LogP contribution in [0.3, 0.4) is 0 Å². The summed E-state index contributed by atoms with van der Waals surface area (Å²) in [7, 11) is 0. The van der Waals surface area contributed by atoms with E-state index in [9.17, 15) is 92.7 Å². The zero-order valence-corrected chi connectivity index (χ0v) is 53.9. The fourth-order valence-electron chi connectivity index (χ4n) is 10.7. The average Bonchev–Trinajstić information content (AvgIpc) is 1.21. The van der Waals surface area contributed by atoms with Crippen LogP contribution in [0.4, 0.5) is 0 Å². The van der Waals surface area contributed by atoms with Gasteiger partial charge in [-0.25, -0.2) is 4.79 Å². The van der Waals surface area contributed by atoms with Crippen molar-refractivity contribution in [2.45, 2.75) is 138 Å². The summed E-state index contributed by atoms with van der Waals surface area (Å²) >= 11 is 3.98. The number of phenols is 1. The molecule has 0 bridgehead atoms. The van der Waals surface area contributed by atoms with Gasteiger partial charge >= 0.3 is 17.9 Å². The highest BCUT2D eigenvalue weighted by Gasteiger charge is 2.41. The minimum absolute atomic E-state index is 0.00999. The van der Waals surface area contributed by atoms with Crippen LogP contribution in [0.1, 0.15) is 67.7 Å². The van der Waals surface area contributed by atoms with Crippen molar-refractivity contribution >= 4 is 106 Å². The van der Waals surface area contributed by atoms with E-state index in [-0.39, 0.29) is 49.3 Å². The summed E-state index contributed by atoms with van der Waals surface area (Å²) < 4.78 is 0. The molecule has 0 aliphatic carbocycles. The van der Waals surface area contributed by atoms with Crippen molar-refractivity contribution in [2.24, 2.45) is 11.5 Å². The molecule has 11 amide bonds. The van der Waals surface area contributed by atoms with Gasteiger partial charge in [-0.2, -0.15) is 12.6 Å². The van der Waals surface area contributed by atoms with Gasteiger partial charge in [0.2, 0.25) is 65.0 Å². The van der Waals surface area contributed by atoms with E-state index in [4.69, 9.17) is 11.5 Å². The SMILES string of the molecule is C[C@@H](O)[C@H](NC(=O)[C@H](CC(N)=O)NC(=O)[C@H](CC(=O)O)NC(=O)[C@H](Cc1ccc(O)cc1)NC(=O)CNC(=O)[C@H](CCC(=O)O)NC(=O)[C@H](Cc1ccccc1)NC(=O)[C@@H](N)Cc1c[nH]c2ccccc12)C(=O)N[C@@H](Cc1ccccc1)C(=O)N1CCC[C@H]1C(=O)N[C@@H](CS)C(=O)O. The zero-order valence-electron chi connectivity index (χ0n) is 53.0. The largest absolute Gasteiger partial charge is 0.508 e. The van der Waals surface area contributed by atoms with Gasteiger partial charge in [0, 0.05) is 55.1 Å². The van der Waals surface area contributed by atoms with Gasteiger partial charge in [-0.15, -0.1) is 0 Å². The van der Waals surface area contributed by atoms with Crippen molar-refractivity contribution < 1.29 is 92.7 Å². The van der Waals surface area contributed by atoms with Crippen molar-refractivity contribution in [1.29, 1.82) is 0 Å². The van der Waals surface area contributed by atoms with E-state index in [1.807, 2.05) is 24.3 Å². The summed E-state index contributed by atoms with van der Waals surface area (Å²) in [6, 6.07) is 12.9. The summed E-state index contributed by atoms with van der Waals surface area (Å²) in [5.74, 6) is -16.9. The molecule has 2 heterocycles. The number of para-hydroxylation sites is 1. The Kier molecular flexibility index (Phi) is 28.6. The average molecular weight is 1380 g/mol. The first-order valence-electron chi connectivity index (χ1n) is 31.0. The van der Waals surface area contributed by atoms with E-state index in [0.717, 1.165) is 28.3 Å². The second kappa shape index (κ2) is 36.8. The molecule has 1 aromatic heterocycles. The van der Waals surface area contributed by atoms with Crippen LogP contribution in [0.15, 0.2) is 115 Å². The van der Waals surface area contributed by atoms with Crippen molar-refractivity contribution in [2.75, 3.05) is 18.8 Å². The lowest BCUT2D eigenvalue weighted by Crippen LogP contribution is -2.62. The minimum atomic E-state index is -2.14. The molecule has 0 spiro atoms. The molecule has 524 valence electrons. The Labute approximate surface area is 565 Å². The van der Waals surface area contributed by atoms with E-state index in [0.29, 0.717) is 17.5 Å². The van der Waals surface area contributed by atoms with Gasteiger partial charge < -0.3 is 94.7 Å². The normalized spacial score (nSPS) is 15.7. The van der Waals surface area contributed by atoms with Crippen molar-refractivity contribution in [1.82, 2.24) is 57.7 Å². The Hall–Kier alpha value is -10.9. The first kappa shape index (κ1) is 76.1. The van der Waals surface area contributed by atoms with Crippen LogP contribution in [0.5, 0.6) is 5.75 Å². The lowest BCUT2D eigenvalue weighted by atomic mass is 10.0. The molecule has 1 fully saturated rings. The van der Waals surface area contributed by atoms with Gasteiger partial charge in [0.05, 0.1) is 31.5 Å². The number of aromatic hydroxyl groups is 1. The third-order valence-corrected chi connectivity index (χ3v) is 16.1. The molecule has 19 N–H and O–H groups in total. The monoisotopic (exact) mass is 1380 g/mol. The molecule has 32 nitrogen and oxygen atoms in total. The third kappa shape index (κ3) is 23.2. The summed E-state index contributed by atoms with van der Waals surface area (Å²) in [5.41, 5.74) is 14.7. The number of phenolic OH excluding ortho intramolecular Hbond substituents is 1. The maximum atomic E-state index is 14.4. The van der Waals surface area contributed by atoms with E-state index >= 15 is 0 Å². The number of thiol groups is 1. The second-order valence-electron chi connectivity index (χ2n) is 23.3. The van der Waals surface area contributed by atoms with Crippen LogP contribution in [-0.4, -0.2) is 204 Å². The van der Waals surface area contributed by atoms with Crippen LogP contribution < -0.4 is 59.3 Å². The lowest BCUT2D eigenvalue weighted by Gasteiger charge is -2.31. The molecule has 0 unspecified atom stereocenters. The molecule has 0 radical (unpaired) electrons. The van der Waals surface area contributed by atoms with Gasteiger partial charge in [-0.3, -0.25) is 62.3 Å². The van der Waals surface area contributed by atoms with Gasteiger partial charge in [-0.05, 0) is 73.1 Å². The predicted octanol–water partition coefficient (Wildman–Crippen LogP) is -2.93. The summed E-state index contributed by atoms with van der Waals surface area (Å²) in [5, 5.41) is 72.0. The topological polar surface area (TPSA) is 519 Å². The number of hydrogen-bond acceptors (Lipinski definition) is 18. The lowest BCUT2D eigenvalue weighted by molar-refractivity contribution is -0.144. The number of likely N-dealkylation sites (tertiary alicyclic amines) is 1. The van der Waals surface area contributed by atoms with Gasteiger partial charge in [-0.1, -0.05) is 91.0 Å². The molecule has 1 saturated heterocycles. The number of aliphatic carboxylic acids is 3. The predicted molar refractivity (Wildman–Crippen MR) is 351 cm³/mol. The van der Waals surface area contributed by atoms with Crippen LogP contribution in [0.25, 0.3) is 10.9 Å². The standard InChI is InChI=1S/C65H79N13O19S/c1-34(79)55(63(94)75-48(27-36-13-6-3-7-14-36)64(95)78-24-10-17-50(78)62(93)76-49(33-98)65(96)97)77-61(92)46(29-51(67)81)73-60(91)47(30-54(85)86)74-58(89)44(26-37-18-20-39(80)21-19-37)70-52(82)32-69-57(88)43(22-23-53(83)84)71-59(90)45(25-35-11-4-2-5-12-35)72-56(87)41(66)28-38-31-68-42-16-9-8-15-40(38)42/h2-9,11-16,18-21,31,34,41,43-50,55,68,79-80,98H,10,17,22-30,32-33,66H2,1H3,(H2,67,81)(H,69,88)(H,70,82)(H,71,90)(H,72,87)(H,73,91)(H,74,89)(H,75,94)(H,76,93)(H,77,92)(H,83,84)(H,85,86)(H,96,97)/t34-,41+,43+,44+,45+,46+,47+,48+,49+,50+,55+/m1/s1. The number of carboxylic acid groups (broad SMARTS) is 3. The number of aliphatic hydroxyl groups is 1. The number of aliphatic hydroxyl groups excluding tert-OH is 1. The van der Waals surface area contributed by atoms with Crippen LogP contribution in [0, 0.1) is 0 Å². The number of carboxylic acids is 3. The Balaban J connectivity index is 1.15. The minimum Gasteiger partial charge on any atom is -0.508 e. The Morgan fingerprint density at radius 1 is 0.571 bits per heavy atom. The number of aromatic nitrogens is 1. The second-order valence-corrected chi connectivity index (χ2v) is 23.6. The first-order valence-corrected chi connectivity index (χ1v) is 31.6. The van der Waals surface area contributed by atoms with Crippen molar-refractivity contribution in [3.8, 4) is 5.75 Å². The number of rotatable bonds is 37. The molecule has 11 atom stereocenters. The number of fused-ring (bicyclic) bond motifs is 1. The number of nitrogens with zero attached hydrogens (tertiary/aromatic N) is 1. The molecular formula is C65H79N13O19S. The fourth-order valence-corrected chi connectivity index (χ4v) is 10.9. The van der Waals surface area contributed by atoms with Crippen molar-refractivity contribution in [3.05, 3.63) is 138 Å². The smallest absolute Gasteiger partial charge is 0.327 e. The molecule has 4 aromatic carbocycles. The Morgan fingerprint density at radius 3 is 1.66 bits per heavy atom. The number of nitrogens with one attached hydrogen (secondary N) is 10. The number of primary amides is 1. The molecule has 6 rings (SSSR count). The van der Waals surface area contributed by atoms with Crippen molar-refractivity contribution in [3.63, 3.8) is 0 Å². The molecule has 1 aliphatic heterocycles. The van der Waals surface area contributed by atoms with E-state index in [1.165, 1.54) is 24.3 Å². The number of hydrogen-bond donors (Lipinski definition) is 18. The Morgan fingerprint density at radius 2 is 1.09 bits per heavy atom. The third-order valence-electron chi connectivity index (χ3n) is 15.7. The molecular weight excluding hydrogens is 1300 g/mol. The van der Waals surface area contributed by atoms with E-state index in [1.54, 1.807) is 66.9 Å². The molecule has 1 aliphatic rings. The molecule has 98 heavy (non-hydrogen) atoms. The number of carbonyl (C=O) groups is 14. The molecule has 5 aromatic rings. The number of amides is 11. The number of carbonyl (C=O) groups excluding carboxylic acids is 11. The summed E-state index contributed by atoms with van der Waals surface area (Å²) in [6.07, 6.45) is -3.83. The maximum absolute atomic E-state index is 14.4. The number of benzene rings is 4. The molecule has 0 saturated carbocycles. The quantitative estimate of drug-likeness (QED) is 0.0177. The number of H-pyrrole nitrogens is 1. The number of nitrogens with two attached hydrogens (primary N) is 2. The zero-order chi connectivity index (χ0) is 71.8. The van der Waals surface area contributed by atoms with Gasteiger partial charge in [0.15, 0.2) is 0 Å². The highest BCUT2D eigenvalue weighted by molar-refractivity contribution is 7.80. The summed E-state index contributed by atoms with van der Waals surface area (Å²) in [6.45, 7) is 0.115. The highest BCUT2D eigenvalue weighted by Crippen LogP contribution is 2.22. The van der Waals surface area contributed by atoms with E-state index < -0.39 is 188 Å². The fraction of sp³-hybridized carbons (Fsp3) is 0.385. The first-order chi connectivity index (χ1) is 46.6. The van der Waals surface area contributed by atoms with Crippen LogP contribution in [0.2, 0.25) is 0 Å². The number of aromatic amines is 1. The molecule has 33 heteroatoms. The van der Waals surface area contributed by atoms with E-state index in [2.05, 4.69) is 65.5 Å². The van der Waals surface area contributed by atoms with Gasteiger partial charge in [0.25, 0.3) is 0 Å². The Bertz CT molecular complexity index is 3690. The highest BCUT2D eigenvalue weighted by atomic mass is 32.1. The maximum Gasteiger partial charge on any atom is 0.327 e. The van der Waals surface area contributed by atoms with Crippen LogP contribution in [-0.2, 0) is 92.8 Å². The van der Waals surface area contributed by atoms with Crippen LogP contribution >= 0.6 is 12.6 Å². The van der Waals surface area contributed by atoms with Gasteiger partial charge in [0.1, 0.15) is 60.1 Å².